The molecule has 2 aromatic rings. The van der Waals surface area contributed by atoms with Crippen molar-refractivity contribution in [2.45, 2.75) is 45.6 Å². The lowest BCUT2D eigenvalue weighted by Crippen LogP contribution is -2.17. The van der Waals surface area contributed by atoms with Gasteiger partial charge in [0.15, 0.2) is 0 Å². The van der Waals surface area contributed by atoms with E-state index in [-0.39, 0.29) is 0 Å². The van der Waals surface area contributed by atoms with Gasteiger partial charge in [0.2, 0.25) is 0 Å². The van der Waals surface area contributed by atoms with Crippen LogP contribution in [0.3, 0.4) is 0 Å². The van der Waals surface area contributed by atoms with Crippen LogP contribution in [0.5, 0.6) is 5.75 Å². The molecule has 122 valence electrons. The van der Waals surface area contributed by atoms with Crippen molar-refractivity contribution in [2.24, 2.45) is 5.92 Å². The molecule has 0 aliphatic rings. The van der Waals surface area contributed by atoms with Crippen LogP contribution in [0.15, 0.2) is 54.6 Å². The molecular weight excluding hydrogens is 296 g/mol. The molecule has 2 heteroatoms. The third-order valence-corrected chi connectivity index (χ3v) is 5.55. The van der Waals surface area contributed by atoms with Crippen molar-refractivity contribution >= 4 is 14.7 Å². The van der Waals surface area contributed by atoms with E-state index in [1.807, 2.05) is 0 Å². The second-order valence-electron chi connectivity index (χ2n) is 6.05. The average Bonchev–Trinajstić information content (AvgIpc) is 2.62. The van der Waals surface area contributed by atoms with E-state index in [9.17, 15) is 0 Å². The van der Waals surface area contributed by atoms with Crippen molar-refractivity contribution in [2.75, 3.05) is 6.61 Å². The summed E-state index contributed by atoms with van der Waals surface area (Å²) in [4.78, 5) is 0. The number of ether oxygens (including phenoxy) is 1. The summed E-state index contributed by atoms with van der Waals surface area (Å²) in [5.41, 5.74) is 1.33. The number of benzene rings is 2. The van der Waals surface area contributed by atoms with Gasteiger partial charge in [-0.3, -0.25) is 0 Å². The predicted molar refractivity (Wildman–Crippen MR) is 101 cm³/mol. The Hall–Kier alpha value is -1.54. The first-order valence-electron chi connectivity index (χ1n) is 8.83. The van der Waals surface area contributed by atoms with Gasteiger partial charge < -0.3 is 4.74 Å². The fourth-order valence-electron chi connectivity index (χ4n) is 2.65. The minimum atomic E-state index is 0.680. The van der Waals surface area contributed by atoms with E-state index in [0.717, 1.165) is 27.9 Å². The molecule has 0 fully saturated rings. The summed E-state index contributed by atoms with van der Waals surface area (Å²) in [6.07, 6.45) is 5.05. The van der Waals surface area contributed by atoms with Crippen molar-refractivity contribution in [1.82, 2.24) is 0 Å². The maximum absolute atomic E-state index is 6.18. The van der Waals surface area contributed by atoms with Crippen molar-refractivity contribution in [1.29, 1.82) is 0 Å². The molecule has 0 heterocycles. The summed E-state index contributed by atoms with van der Waals surface area (Å²) >= 11 is 0. The van der Waals surface area contributed by atoms with Crippen LogP contribution in [0, 0.1) is 5.92 Å². The highest BCUT2D eigenvalue weighted by Gasteiger charge is 2.09. The molecule has 1 nitrogen and oxygen atoms in total. The van der Waals surface area contributed by atoms with Gasteiger partial charge in [0.25, 0.3) is 0 Å². The van der Waals surface area contributed by atoms with E-state index >= 15 is 0 Å². The third kappa shape index (κ3) is 6.23. The molecule has 0 bridgehead atoms. The Labute approximate surface area is 143 Å². The lowest BCUT2D eigenvalue weighted by Gasteiger charge is -2.17. The quantitative estimate of drug-likeness (QED) is 0.570. The zero-order valence-corrected chi connectivity index (χ0v) is 15.4. The average molecular weight is 325 g/mol. The van der Waals surface area contributed by atoms with Crippen molar-refractivity contribution in [3.8, 4) is 5.75 Å². The highest BCUT2D eigenvalue weighted by atomic mass is 28.2. The molecule has 2 aromatic carbocycles. The van der Waals surface area contributed by atoms with Crippen LogP contribution in [-0.2, 0) is 6.04 Å². The molecule has 0 N–H and O–H groups in total. The molecule has 2 radical (unpaired) electrons. The maximum Gasteiger partial charge on any atom is 0.122 e. The first-order chi connectivity index (χ1) is 11.3. The van der Waals surface area contributed by atoms with E-state index in [1.165, 1.54) is 36.4 Å². The first kappa shape index (κ1) is 17.8. The molecule has 0 aliphatic carbocycles. The third-order valence-electron chi connectivity index (χ3n) is 4.25. The van der Waals surface area contributed by atoms with Gasteiger partial charge in [-0.05, 0) is 30.0 Å². The molecule has 0 amide bonds. The lowest BCUT2D eigenvalue weighted by atomic mass is 10.0. The number of hydrogen-bond donors (Lipinski definition) is 0. The van der Waals surface area contributed by atoms with E-state index in [1.54, 1.807) is 0 Å². The highest BCUT2D eigenvalue weighted by Crippen LogP contribution is 2.21. The first-order valence-corrected chi connectivity index (χ1v) is 10.0. The largest absolute Gasteiger partial charge is 0.493 e. The Morgan fingerprint density at radius 1 is 0.957 bits per heavy atom. The lowest BCUT2D eigenvalue weighted by molar-refractivity contribution is 0.232. The number of rotatable bonds is 10. The summed E-state index contributed by atoms with van der Waals surface area (Å²) in [7, 11) is 0.798. The Kier molecular flexibility index (Phi) is 7.95. The Morgan fingerprint density at radius 2 is 1.70 bits per heavy atom. The van der Waals surface area contributed by atoms with E-state index < -0.39 is 0 Å². The SMILES string of the molecule is CCCCC(CC)COc1ccccc1C[Si]c1ccccc1. The molecule has 0 saturated carbocycles. The van der Waals surface area contributed by atoms with Gasteiger partial charge in [-0.15, -0.1) is 0 Å². The topological polar surface area (TPSA) is 9.23 Å². The Balaban J connectivity index is 1.91. The van der Waals surface area contributed by atoms with Crippen molar-refractivity contribution < 1.29 is 4.74 Å². The second kappa shape index (κ2) is 10.3. The fraction of sp³-hybridized carbons (Fsp3) is 0.429. The van der Waals surface area contributed by atoms with Crippen LogP contribution >= 0.6 is 0 Å². The number of hydrogen-bond acceptors (Lipinski definition) is 1. The summed E-state index contributed by atoms with van der Waals surface area (Å²) in [6.45, 7) is 5.38. The van der Waals surface area contributed by atoms with E-state index in [4.69, 9.17) is 4.74 Å². The molecular formula is C21H28OSi. The predicted octanol–water partition coefficient (Wildman–Crippen LogP) is 4.81. The number of para-hydroxylation sites is 1. The molecule has 1 atom stereocenters. The minimum Gasteiger partial charge on any atom is -0.493 e. The van der Waals surface area contributed by atoms with Gasteiger partial charge in [0.05, 0.1) is 16.1 Å². The molecule has 0 spiro atoms. The normalized spacial score (nSPS) is 12.1. The van der Waals surface area contributed by atoms with Gasteiger partial charge in [-0.1, -0.05) is 86.8 Å². The Morgan fingerprint density at radius 3 is 2.43 bits per heavy atom. The van der Waals surface area contributed by atoms with Crippen LogP contribution in [0.25, 0.3) is 0 Å². The zero-order valence-electron chi connectivity index (χ0n) is 14.4. The monoisotopic (exact) mass is 324 g/mol. The van der Waals surface area contributed by atoms with Gasteiger partial charge in [-0.2, -0.15) is 0 Å². The molecule has 1 unspecified atom stereocenters. The van der Waals surface area contributed by atoms with Crippen LogP contribution in [-0.4, -0.2) is 16.1 Å². The summed E-state index contributed by atoms with van der Waals surface area (Å²) < 4.78 is 6.18. The van der Waals surface area contributed by atoms with E-state index in [2.05, 4.69) is 68.4 Å². The van der Waals surface area contributed by atoms with Crippen LogP contribution in [0.2, 0.25) is 0 Å². The molecule has 23 heavy (non-hydrogen) atoms. The second-order valence-corrected chi connectivity index (χ2v) is 7.34. The van der Waals surface area contributed by atoms with Crippen molar-refractivity contribution in [3.63, 3.8) is 0 Å². The van der Waals surface area contributed by atoms with Gasteiger partial charge in [0.1, 0.15) is 5.75 Å². The van der Waals surface area contributed by atoms with Crippen LogP contribution in [0.4, 0.5) is 0 Å². The molecule has 0 saturated heterocycles. The number of unbranched alkanes of at least 4 members (excludes halogenated alkanes) is 1. The van der Waals surface area contributed by atoms with E-state index in [0.29, 0.717) is 5.92 Å². The highest BCUT2D eigenvalue weighted by molar-refractivity contribution is 6.52. The van der Waals surface area contributed by atoms with Gasteiger partial charge >= 0.3 is 0 Å². The molecule has 2 rings (SSSR count). The van der Waals surface area contributed by atoms with Gasteiger partial charge in [-0.25, -0.2) is 0 Å². The molecule has 0 aliphatic heterocycles. The molecule has 0 aromatic heterocycles. The minimum absolute atomic E-state index is 0.680. The standard InChI is InChI=1S/C21H28OSi/c1-3-5-11-18(4-2)16-22-21-15-10-9-12-19(21)17-23-20-13-7-6-8-14-20/h6-10,12-15,18H,3-5,11,16-17H2,1-2H3. The van der Waals surface area contributed by atoms with Crippen molar-refractivity contribution in [3.05, 3.63) is 60.2 Å². The Bertz CT molecular complexity index is 553. The summed E-state index contributed by atoms with van der Waals surface area (Å²) in [5.74, 6) is 1.76. The summed E-state index contributed by atoms with van der Waals surface area (Å²) in [5, 5.41) is 1.41. The maximum atomic E-state index is 6.18. The summed E-state index contributed by atoms with van der Waals surface area (Å²) in [6, 6.07) is 20.3. The van der Waals surface area contributed by atoms with Crippen LogP contribution in [0.1, 0.15) is 45.1 Å². The fourth-order valence-corrected chi connectivity index (χ4v) is 3.76. The smallest absolute Gasteiger partial charge is 0.122 e. The van der Waals surface area contributed by atoms with Gasteiger partial charge in [0, 0.05) is 0 Å². The van der Waals surface area contributed by atoms with Crippen LogP contribution < -0.4 is 9.92 Å². The zero-order chi connectivity index (χ0) is 16.3.